The molecule has 0 aromatic carbocycles. The van der Waals surface area contributed by atoms with Gasteiger partial charge in [-0.1, -0.05) is 224 Å². The van der Waals surface area contributed by atoms with Gasteiger partial charge in [-0.25, -0.2) is 0 Å². The number of hydrogen-bond donors (Lipinski definition) is 2. The van der Waals surface area contributed by atoms with Gasteiger partial charge in [0, 0.05) is 6.42 Å². The number of aliphatic hydroxyl groups excluding tert-OH is 1. The van der Waals surface area contributed by atoms with E-state index in [1.54, 1.807) is 0 Å². The van der Waals surface area contributed by atoms with E-state index < -0.39 is 20.0 Å². The molecule has 9 heteroatoms. The summed E-state index contributed by atoms with van der Waals surface area (Å²) in [6.07, 6.45) is 53.3. The highest BCUT2D eigenvalue weighted by molar-refractivity contribution is 7.45. The summed E-state index contributed by atoms with van der Waals surface area (Å²) in [5, 5.41) is 14.0. The molecule has 0 aliphatic rings. The van der Waals surface area contributed by atoms with E-state index in [-0.39, 0.29) is 19.1 Å². The van der Waals surface area contributed by atoms with Crippen molar-refractivity contribution in [2.45, 2.75) is 264 Å². The molecular weight excluding hydrogens is 780 g/mol. The van der Waals surface area contributed by atoms with Gasteiger partial charge in [-0.2, -0.15) is 0 Å². The molecule has 1 amide bonds. The zero-order valence-electron chi connectivity index (χ0n) is 41.1. The number of aliphatic hydroxyl groups is 1. The number of allylic oxidation sites excluding steroid dienone is 4. The number of amides is 1. The Kier molecular flexibility index (Phi) is 43.5. The molecule has 8 nitrogen and oxygen atoms in total. The lowest BCUT2D eigenvalue weighted by atomic mass is 10.0. The van der Waals surface area contributed by atoms with Crippen LogP contribution in [0.1, 0.15) is 251 Å². The Morgan fingerprint density at radius 3 is 1.39 bits per heavy atom. The predicted octanol–water partition coefficient (Wildman–Crippen LogP) is 14.6. The summed E-state index contributed by atoms with van der Waals surface area (Å²) >= 11 is 0. The molecule has 0 spiro atoms. The second-order valence-electron chi connectivity index (χ2n) is 19.2. The highest BCUT2D eigenvalue weighted by Gasteiger charge is 2.24. The summed E-state index contributed by atoms with van der Waals surface area (Å²) in [5.41, 5.74) is 0. The molecule has 0 saturated carbocycles. The summed E-state index contributed by atoms with van der Waals surface area (Å²) in [6.45, 7) is 4.71. The molecule has 0 rings (SSSR count). The number of phosphoric acid groups is 1. The SMILES string of the molecule is CCCCC/C=C\C/C=C\CCCCCCCCCC(=O)NC(COP(=O)([O-])OCC[N+](C)(C)C)C(O)CCCCCCCCCCCCCCCCCCCCCCCC. The van der Waals surface area contributed by atoms with Gasteiger partial charge in [0.05, 0.1) is 39.9 Å². The van der Waals surface area contributed by atoms with Crippen LogP contribution in [0, 0.1) is 0 Å². The summed E-state index contributed by atoms with van der Waals surface area (Å²) in [6, 6.07) is -0.803. The first kappa shape index (κ1) is 60.0. The van der Waals surface area contributed by atoms with E-state index in [4.69, 9.17) is 9.05 Å². The molecule has 0 heterocycles. The van der Waals surface area contributed by atoms with Gasteiger partial charge >= 0.3 is 0 Å². The van der Waals surface area contributed by atoms with E-state index in [0.29, 0.717) is 23.9 Å². The summed E-state index contributed by atoms with van der Waals surface area (Å²) in [5.74, 6) is -0.170. The van der Waals surface area contributed by atoms with Crippen molar-refractivity contribution >= 4 is 13.7 Å². The monoisotopic (exact) mass is 883 g/mol. The third-order valence-corrected chi connectivity index (χ3v) is 12.9. The van der Waals surface area contributed by atoms with Crippen LogP contribution < -0.4 is 10.2 Å². The van der Waals surface area contributed by atoms with E-state index in [1.807, 2.05) is 21.1 Å². The zero-order chi connectivity index (χ0) is 45.0. The molecule has 0 fully saturated rings. The highest BCUT2D eigenvalue weighted by atomic mass is 31.2. The van der Waals surface area contributed by atoms with E-state index in [9.17, 15) is 19.4 Å². The molecule has 3 unspecified atom stereocenters. The third kappa shape index (κ3) is 46.8. The number of hydrogen-bond acceptors (Lipinski definition) is 6. The van der Waals surface area contributed by atoms with E-state index >= 15 is 0 Å². The number of phosphoric ester groups is 1. The molecule has 2 N–H and O–H groups in total. The molecule has 0 radical (unpaired) electrons. The average molecular weight is 883 g/mol. The maximum atomic E-state index is 12.9. The van der Waals surface area contributed by atoms with Crippen LogP contribution >= 0.6 is 7.82 Å². The van der Waals surface area contributed by atoms with Gasteiger partial charge in [0.15, 0.2) is 0 Å². The molecule has 362 valence electrons. The second kappa shape index (κ2) is 44.2. The minimum atomic E-state index is -4.57. The number of nitrogens with zero attached hydrogens (tertiary/aromatic N) is 1. The Labute approximate surface area is 379 Å². The maximum Gasteiger partial charge on any atom is 0.268 e. The van der Waals surface area contributed by atoms with E-state index in [0.717, 1.165) is 51.4 Å². The Morgan fingerprint density at radius 2 is 0.951 bits per heavy atom. The smallest absolute Gasteiger partial charge is 0.268 e. The highest BCUT2D eigenvalue weighted by Crippen LogP contribution is 2.38. The summed E-state index contributed by atoms with van der Waals surface area (Å²) in [7, 11) is 1.30. The number of likely N-dealkylation sites (N-methyl/N-ethyl adjacent to an activating group) is 1. The van der Waals surface area contributed by atoms with Gasteiger partial charge in [-0.15, -0.1) is 0 Å². The number of nitrogens with one attached hydrogen (secondary N) is 1. The zero-order valence-corrected chi connectivity index (χ0v) is 42.0. The topological polar surface area (TPSA) is 108 Å². The van der Waals surface area contributed by atoms with Crippen LogP contribution in [0.4, 0.5) is 0 Å². The largest absolute Gasteiger partial charge is 0.756 e. The van der Waals surface area contributed by atoms with Gasteiger partial charge in [-0.05, 0) is 44.9 Å². The fourth-order valence-electron chi connectivity index (χ4n) is 7.78. The Hall–Kier alpha value is -1.02. The standard InChI is InChI=1S/C52H103N2O6P/c1-6-8-10-12-14-16-18-20-22-24-25-26-27-28-30-31-33-35-37-39-41-43-45-51(55)50(49-60-61(57,58)59-48-47-54(3,4)5)53-52(56)46-44-42-40-38-36-34-32-29-23-21-19-17-15-13-11-9-7-2/h15,17,21,23,50-51,55H,6-14,16,18-20,22,24-49H2,1-5H3,(H-,53,56,57,58)/b17-15-,23-21-. The van der Waals surface area contributed by atoms with Crippen molar-refractivity contribution in [1.82, 2.24) is 5.32 Å². The number of quaternary nitrogens is 1. The van der Waals surface area contributed by atoms with Crippen LogP contribution in [0.3, 0.4) is 0 Å². The fraction of sp³-hybridized carbons (Fsp3) is 0.904. The molecule has 0 bridgehead atoms. The van der Waals surface area contributed by atoms with Crippen molar-refractivity contribution < 1.29 is 32.9 Å². The molecule has 0 aliphatic heterocycles. The van der Waals surface area contributed by atoms with E-state index in [1.165, 1.54) is 173 Å². The van der Waals surface area contributed by atoms with Crippen molar-refractivity contribution in [2.24, 2.45) is 0 Å². The molecule has 0 aromatic rings. The minimum Gasteiger partial charge on any atom is -0.756 e. The normalized spacial score (nSPS) is 14.3. The first-order valence-electron chi connectivity index (χ1n) is 26.2. The quantitative estimate of drug-likeness (QED) is 0.0273. The molecule has 0 aromatic heterocycles. The first-order chi connectivity index (χ1) is 29.5. The molecule has 3 atom stereocenters. The van der Waals surface area contributed by atoms with Crippen molar-refractivity contribution in [3.8, 4) is 0 Å². The van der Waals surface area contributed by atoms with Crippen LogP contribution in [0.2, 0.25) is 0 Å². The molecule has 61 heavy (non-hydrogen) atoms. The minimum absolute atomic E-state index is 0.0114. The Bertz CT molecular complexity index is 1050. The maximum absolute atomic E-state index is 12.9. The lowest BCUT2D eigenvalue weighted by Gasteiger charge is -2.30. The van der Waals surface area contributed by atoms with Crippen molar-refractivity contribution in [2.75, 3.05) is 40.9 Å². The van der Waals surface area contributed by atoms with Gasteiger partial charge in [0.25, 0.3) is 7.82 Å². The summed E-state index contributed by atoms with van der Waals surface area (Å²) in [4.78, 5) is 25.4. The Morgan fingerprint density at radius 1 is 0.574 bits per heavy atom. The number of carbonyl (C=O) groups is 1. The van der Waals surface area contributed by atoms with Crippen LogP contribution in [0.25, 0.3) is 0 Å². The number of unbranched alkanes of at least 4 members (excludes halogenated alkanes) is 31. The van der Waals surface area contributed by atoms with Crippen LogP contribution in [-0.4, -0.2) is 68.5 Å². The molecule has 0 aliphatic carbocycles. The third-order valence-electron chi connectivity index (χ3n) is 11.9. The molecular formula is C52H103N2O6P. The number of rotatable bonds is 48. The lowest BCUT2D eigenvalue weighted by molar-refractivity contribution is -0.870. The van der Waals surface area contributed by atoms with Crippen LogP contribution in [0.15, 0.2) is 24.3 Å². The lowest BCUT2D eigenvalue weighted by Crippen LogP contribution is -2.46. The van der Waals surface area contributed by atoms with Crippen LogP contribution in [-0.2, 0) is 18.4 Å². The fourth-order valence-corrected chi connectivity index (χ4v) is 8.50. The average Bonchev–Trinajstić information content (AvgIpc) is 3.21. The second-order valence-corrected chi connectivity index (χ2v) is 20.6. The number of carbonyl (C=O) groups excluding carboxylic acids is 1. The van der Waals surface area contributed by atoms with Gasteiger partial charge < -0.3 is 28.8 Å². The predicted molar refractivity (Wildman–Crippen MR) is 261 cm³/mol. The van der Waals surface area contributed by atoms with Gasteiger partial charge in [0.1, 0.15) is 13.2 Å². The van der Waals surface area contributed by atoms with Crippen molar-refractivity contribution in [3.63, 3.8) is 0 Å². The van der Waals surface area contributed by atoms with Crippen LogP contribution in [0.5, 0.6) is 0 Å². The van der Waals surface area contributed by atoms with Gasteiger partial charge in [0.2, 0.25) is 5.91 Å². The first-order valence-corrected chi connectivity index (χ1v) is 27.6. The summed E-state index contributed by atoms with van der Waals surface area (Å²) < 4.78 is 23.4. The van der Waals surface area contributed by atoms with Crippen molar-refractivity contribution in [1.29, 1.82) is 0 Å². The van der Waals surface area contributed by atoms with E-state index in [2.05, 4.69) is 43.5 Å². The van der Waals surface area contributed by atoms with Crippen molar-refractivity contribution in [3.05, 3.63) is 24.3 Å². The Balaban J connectivity index is 4.23. The van der Waals surface area contributed by atoms with Gasteiger partial charge in [-0.3, -0.25) is 9.36 Å². The molecule has 0 saturated heterocycles.